The average molecular weight is 322 g/mol. The minimum atomic E-state index is 0.120. The van der Waals surface area contributed by atoms with Gasteiger partial charge in [0.15, 0.2) is 0 Å². The zero-order valence-corrected chi connectivity index (χ0v) is 13.5. The summed E-state index contributed by atoms with van der Waals surface area (Å²) in [7, 11) is 0. The third-order valence-corrected chi connectivity index (χ3v) is 5.16. The van der Waals surface area contributed by atoms with Crippen molar-refractivity contribution in [2.45, 2.75) is 25.8 Å². The number of hydrogen-bond acceptors (Lipinski definition) is 5. The van der Waals surface area contributed by atoms with Crippen molar-refractivity contribution < 1.29 is 0 Å². The van der Waals surface area contributed by atoms with Crippen LogP contribution in [0.5, 0.6) is 0 Å². The normalized spacial score (nSPS) is 22.6. The smallest absolute Gasteiger partial charge is 0.254 e. The quantitative estimate of drug-likeness (QED) is 0.674. The lowest BCUT2D eigenvalue weighted by molar-refractivity contribution is 0.280. The molecule has 5 heterocycles. The maximum absolute atomic E-state index is 12.1. The number of fused-ring (bicyclic) bond motifs is 5. The van der Waals surface area contributed by atoms with Crippen LogP contribution in [0.3, 0.4) is 0 Å². The van der Waals surface area contributed by atoms with E-state index in [2.05, 4.69) is 32.1 Å². The van der Waals surface area contributed by atoms with Crippen molar-refractivity contribution >= 4 is 11.6 Å². The largest absolute Gasteiger partial charge is 0.355 e. The number of rotatable bonds is 1. The van der Waals surface area contributed by atoms with Gasteiger partial charge in [0.25, 0.3) is 11.3 Å². The van der Waals surface area contributed by atoms with Crippen LogP contribution in [0.15, 0.2) is 35.4 Å². The number of piperidine rings is 1. The number of aryl methyl sites for hydroxylation is 1. The number of pyridine rings is 1. The van der Waals surface area contributed by atoms with E-state index in [4.69, 9.17) is 0 Å². The zero-order chi connectivity index (χ0) is 16.3. The van der Waals surface area contributed by atoms with Gasteiger partial charge >= 0.3 is 0 Å². The van der Waals surface area contributed by atoms with Gasteiger partial charge in [0.05, 0.1) is 0 Å². The van der Waals surface area contributed by atoms with Crippen LogP contribution in [0.1, 0.15) is 23.7 Å². The summed E-state index contributed by atoms with van der Waals surface area (Å²) < 4.78 is 3.77. The second kappa shape index (κ2) is 4.90. The summed E-state index contributed by atoms with van der Waals surface area (Å²) in [4.78, 5) is 23.2. The topological polar surface area (TPSA) is 68.3 Å². The molecule has 3 aromatic heterocycles. The lowest BCUT2D eigenvalue weighted by atomic mass is 9.83. The molecule has 24 heavy (non-hydrogen) atoms. The summed E-state index contributed by atoms with van der Waals surface area (Å²) in [5.41, 5.74) is 2.22. The Bertz CT molecular complexity index is 990. The highest BCUT2D eigenvalue weighted by atomic mass is 16.1. The second-order valence-corrected chi connectivity index (χ2v) is 6.83. The molecule has 0 N–H and O–H groups in total. The van der Waals surface area contributed by atoms with Crippen LogP contribution in [-0.4, -0.2) is 37.2 Å². The van der Waals surface area contributed by atoms with E-state index < -0.39 is 0 Å². The second-order valence-electron chi connectivity index (χ2n) is 6.83. The van der Waals surface area contributed by atoms with Crippen LogP contribution in [0.2, 0.25) is 0 Å². The van der Waals surface area contributed by atoms with E-state index in [1.807, 2.05) is 22.1 Å². The molecule has 2 unspecified atom stereocenters. The predicted octanol–water partition coefficient (Wildman–Crippen LogP) is 1.22. The van der Waals surface area contributed by atoms with Crippen LogP contribution in [0, 0.1) is 12.8 Å². The molecule has 2 bridgehead atoms. The fourth-order valence-electron chi connectivity index (χ4n) is 4.22. The highest BCUT2D eigenvalue weighted by Crippen LogP contribution is 2.36. The summed E-state index contributed by atoms with van der Waals surface area (Å²) in [5, 5.41) is 4.33. The molecule has 7 nitrogen and oxygen atoms in total. The van der Waals surface area contributed by atoms with Crippen molar-refractivity contribution in [3.8, 4) is 0 Å². The van der Waals surface area contributed by atoms with Crippen molar-refractivity contribution in [3.05, 3.63) is 52.3 Å². The molecule has 0 aromatic carbocycles. The Morgan fingerprint density at radius 2 is 2.12 bits per heavy atom. The molecule has 3 aromatic rings. The number of nitrogens with zero attached hydrogens (tertiary/aromatic N) is 6. The van der Waals surface area contributed by atoms with Gasteiger partial charge in [0, 0.05) is 49.1 Å². The lowest BCUT2D eigenvalue weighted by Gasteiger charge is -2.43. The SMILES string of the molecule is Cc1cc(N2CC3CC(C2)c2cccc(=O)n2C3)n2ncnc2n1. The monoisotopic (exact) mass is 322 g/mol. The van der Waals surface area contributed by atoms with Gasteiger partial charge < -0.3 is 9.47 Å². The van der Waals surface area contributed by atoms with Crippen molar-refractivity contribution in [3.63, 3.8) is 0 Å². The minimum absolute atomic E-state index is 0.120. The molecule has 0 radical (unpaired) electrons. The Balaban J connectivity index is 1.59. The van der Waals surface area contributed by atoms with E-state index in [1.54, 1.807) is 12.4 Å². The van der Waals surface area contributed by atoms with Gasteiger partial charge in [-0.05, 0) is 25.3 Å². The molecule has 5 rings (SSSR count). The highest BCUT2D eigenvalue weighted by Gasteiger charge is 2.35. The molecule has 0 aliphatic carbocycles. The molecule has 1 saturated heterocycles. The fraction of sp³-hybridized carbons (Fsp3) is 0.412. The Kier molecular flexibility index (Phi) is 2.80. The Labute approximate surface area is 138 Å². The van der Waals surface area contributed by atoms with Crippen LogP contribution >= 0.6 is 0 Å². The molecular formula is C17H18N6O. The number of anilines is 1. The number of aromatic nitrogens is 5. The van der Waals surface area contributed by atoms with Gasteiger partial charge in [0.1, 0.15) is 12.1 Å². The van der Waals surface area contributed by atoms with Crippen LogP contribution < -0.4 is 10.5 Å². The van der Waals surface area contributed by atoms with E-state index >= 15 is 0 Å². The molecule has 0 amide bonds. The first-order valence-corrected chi connectivity index (χ1v) is 8.31. The molecule has 0 saturated carbocycles. The number of hydrogen-bond donors (Lipinski definition) is 0. The predicted molar refractivity (Wildman–Crippen MR) is 89.3 cm³/mol. The van der Waals surface area contributed by atoms with Crippen LogP contribution in [0.25, 0.3) is 5.78 Å². The molecule has 2 atom stereocenters. The average Bonchev–Trinajstić information content (AvgIpc) is 3.03. The van der Waals surface area contributed by atoms with Crippen molar-refractivity contribution in [2.75, 3.05) is 18.0 Å². The van der Waals surface area contributed by atoms with Gasteiger partial charge in [-0.1, -0.05) is 6.07 Å². The fourth-order valence-corrected chi connectivity index (χ4v) is 4.22. The Hall–Kier alpha value is -2.70. The highest BCUT2D eigenvalue weighted by molar-refractivity contribution is 5.48. The van der Waals surface area contributed by atoms with Gasteiger partial charge in [-0.15, -0.1) is 0 Å². The summed E-state index contributed by atoms with van der Waals surface area (Å²) in [6.07, 6.45) is 2.69. The Morgan fingerprint density at radius 1 is 1.21 bits per heavy atom. The molecule has 7 heteroatoms. The van der Waals surface area contributed by atoms with Crippen molar-refractivity contribution in [1.82, 2.24) is 24.1 Å². The standard InChI is InChI=1S/C17H18N6O/c1-11-5-15(23-17(20-11)18-10-19-23)21-7-12-6-13(9-21)14-3-2-4-16(24)22(14)8-12/h2-5,10,12-13H,6-9H2,1H3. The maximum Gasteiger partial charge on any atom is 0.254 e. The van der Waals surface area contributed by atoms with Gasteiger partial charge in [-0.25, -0.2) is 4.98 Å². The molecule has 2 aliphatic heterocycles. The minimum Gasteiger partial charge on any atom is -0.355 e. The summed E-state index contributed by atoms with van der Waals surface area (Å²) in [6.45, 7) is 4.60. The molecule has 1 fully saturated rings. The van der Waals surface area contributed by atoms with Crippen molar-refractivity contribution in [2.24, 2.45) is 5.92 Å². The lowest BCUT2D eigenvalue weighted by Crippen LogP contribution is -2.47. The first kappa shape index (κ1) is 13.7. The first-order chi connectivity index (χ1) is 11.7. The third-order valence-electron chi connectivity index (χ3n) is 5.16. The van der Waals surface area contributed by atoms with E-state index in [-0.39, 0.29) is 5.56 Å². The van der Waals surface area contributed by atoms with Gasteiger partial charge in [-0.3, -0.25) is 4.79 Å². The Morgan fingerprint density at radius 3 is 3.04 bits per heavy atom. The van der Waals surface area contributed by atoms with E-state index in [0.29, 0.717) is 17.6 Å². The molecule has 2 aliphatic rings. The third kappa shape index (κ3) is 1.97. The first-order valence-electron chi connectivity index (χ1n) is 8.31. The van der Waals surface area contributed by atoms with Crippen molar-refractivity contribution in [1.29, 1.82) is 0 Å². The summed E-state index contributed by atoms with van der Waals surface area (Å²) in [6, 6.07) is 7.70. The maximum atomic E-state index is 12.1. The molecular weight excluding hydrogens is 304 g/mol. The zero-order valence-electron chi connectivity index (χ0n) is 13.5. The van der Waals surface area contributed by atoms with Crippen LogP contribution in [-0.2, 0) is 6.54 Å². The molecule has 0 spiro atoms. The van der Waals surface area contributed by atoms with E-state index in [1.165, 1.54) is 0 Å². The summed E-state index contributed by atoms with van der Waals surface area (Å²) >= 11 is 0. The van der Waals surface area contributed by atoms with E-state index in [0.717, 1.165) is 43.3 Å². The summed E-state index contributed by atoms with van der Waals surface area (Å²) in [5.74, 6) is 2.52. The van der Waals surface area contributed by atoms with Crippen LogP contribution in [0.4, 0.5) is 5.82 Å². The van der Waals surface area contributed by atoms with Gasteiger partial charge in [-0.2, -0.15) is 14.6 Å². The van der Waals surface area contributed by atoms with Gasteiger partial charge in [0.2, 0.25) is 0 Å². The van der Waals surface area contributed by atoms with E-state index in [9.17, 15) is 4.79 Å². The molecule has 122 valence electrons.